The Morgan fingerprint density at radius 2 is 2.20 bits per heavy atom. The monoisotopic (exact) mass is 354 g/mol. The van der Waals surface area contributed by atoms with Crippen LogP contribution in [-0.2, 0) is 17.1 Å². The number of halogens is 1. The number of rotatable bonds is 6. The van der Waals surface area contributed by atoms with Crippen molar-refractivity contribution in [2.24, 2.45) is 5.84 Å². The van der Waals surface area contributed by atoms with Gasteiger partial charge in [-0.15, -0.1) is 11.8 Å². The zero-order chi connectivity index (χ0) is 14.4. The minimum absolute atomic E-state index is 0.436. The van der Waals surface area contributed by atoms with Crippen molar-refractivity contribution in [3.63, 3.8) is 0 Å². The van der Waals surface area contributed by atoms with E-state index in [1.54, 1.807) is 24.9 Å². The van der Waals surface area contributed by atoms with Crippen LogP contribution in [0.5, 0.6) is 0 Å². The van der Waals surface area contributed by atoms with Crippen LogP contribution < -0.4 is 11.3 Å². The summed E-state index contributed by atoms with van der Waals surface area (Å²) < 4.78 is 6.15. The second-order valence-corrected chi connectivity index (χ2v) is 5.95. The number of nitrogens with zero attached hydrogens (tertiary/aromatic N) is 2. The summed E-state index contributed by atoms with van der Waals surface area (Å²) in [6.07, 6.45) is 0. The van der Waals surface area contributed by atoms with Gasteiger partial charge in [-0.3, -0.25) is 0 Å². The van der Waals surface area contributed by atoms with Crippen molar-refractivity contribution in [1.82, 2.24) is 9.97 Å². The van der Waals surface area contributed by atoms with E-state index in [0.717, 1.165) is 20.9 Å². The molecule has 1 heterocycles. The maximum atomic E-state index is 5.42. The van der Waals surface area contributed by atoms with Gasteiger partial charge in [-0.2, -0.15) is 0 Å². The molecule has 0 aliphatic heterocycles. The summed E-state index contributed by atoms with van der Waals surface area (Å²) in [4.78, 5) is 9.94. The van der Waals surface area contributed by atoms with Crippen molar-refractivity contribution in [2.45, 2.75) is 17.3 Å². The highest BCUT2D eigenvalue weighted by atomic mass is 79.9. The first-order valence-electron chi connectivity index (χ1n) is 5.92. The summed E-state index contributed by atoms with van der Waals surface area (Å²) in [5.74, 6) is 7.40. The fraction of sp³-hybridized carbons (Fsp3) is 0.231. The molecule has 0 saturated carbocycles. The SMILES string of the molecule is COCc1cc(NN)nc(CSc2cccc(Br)c2)n1. The lowest BCUT2D eigenvalue weighted by molar-refractivity contribution is 0.181. The average Bonchev–Trinajstić information content (AvgIpc) is 2.45. The first-order valence-corrected chi connectivity index (χ1v) is 7.70. The molecule has 2 rings (SSSR count). The van der Waals surface area contributed by atoms with Crippen LogP contribution in [0.25, 0.3) is 0 Å². The first kappa shape index (κ1) is 15.2. The predicted molar refractivity (Wildman–Crippen MR) is 84.3 cm³/mol. The lowest BCUT2D eigenvalue weighted by Crippen LogP contribution is -2.11. The van der Waals surface area contributed by atoms with E-state index in [9.17, 15) is 0 Å². The fourth-order valence-corrected chi connectivity index (χ4v) is 2.98. The number of nitrogen functional groups attached to an aromatic ring is 1. The molecule has 0 atom stereocenters. The second-order valence-electron chi connectivity index (χ2n) is 3.98. The molecule has 5 nitrogen and oxygen atoms in total. The quantitative estimate of drug-likeness (QED) is 0.472. The van der Waals surface area contributed by atoms with Gasteiger partial charge in [0.1, 0.15) is 11.6 Å². The van der Waals surface area contributed by atoms with E-state index in [2.05, 4.69) is 43.5 Å². The number of nitrogens with one attached hydrogen (secondary N) is 1. The molecular formula is C13H15BrN4OS. The number of methoxy groups -OCH3 is 1. The number of ether oxygens (including phenoxy) is 1. The highest BCUT2D eigenvalue weighted by Crippen LogP contribution is 2.24. The standard InChI is InChI=1S/C13H15BrN4OS/c1-19-7-10-6-12(18-15)17-13(16-10)8-20-11-4-2-3-9(14)5-11/h2-6H,7-8,15H2,1H3,(H,16,17,18). The Morgan fingerprint density at radius 1 is 1.35 bits per heavy atom. The van der Waals surface area contributed by atoms with Crippen molar-refractivity contribution >= 4 is 33.5 Å². The van der Waals surface area contributed by atoms with Crippen LogP contribution in [0.2, 0.25) is 0 Å². The number of thioether (sulfide) groups is 1. The van der Waals surface area contributed by atoms with Crippen LogP contribution in [0.4, 0.5) is 5.82 Å². The molecule has 106 valence electrons. The van der Waals surface area contributed by atoms with Crippen molar-refractivity contribution in [3.8, 4) is 0 Å². The minimum atomic E-state index is 0.436. The average molecular weight is 355 g/mol. The largest absolute Gasteiger partial charge is 0.378 e. The lowest BCUT2D eigenvalue weighted by atomic mass is 10.4. The highest BCUT2D eigenvalue weighted by Gasteiger charge is 2.05. The molecule has 0 amide bonds. The molecule has 0 saturated heterocycles. The van der Waals surface area contributed by atoms with Crippen LogP contribution in [0, 0.1) is 0 Å². The van der Waals surface area contributed by atoms with Crippen LogP contribution in [0.15, 0.2) is 39.7 Å². The molecule has 0 aliphatic carbocycles. The molecule has 7 heteroatoms. The Morgan fingerprint density at radius 3 is 2.90 bits per heavy atom. The van der Waals surface area contributed by atoms with Gasteiger partial charge in [0.2, 0.25) is 0 Å². The van der Waals surface area contributed by atoms with Gasteiger partial charge < -0.3 is 10.2 Å². The highest BCUT2D eigenvalue weighted by molar-refractivity contribution is 9.10. The maximum absolute atomic E-state index is 5.42. The molecule has 3 N–H and O–H groups in total. The van der Waals surface area contributed by atoms with Gasteiger partial charge in [-0.05, 0) is 18.2 Å². The Bertz CT molecular complexity index is 582. The van der Waals surface area contributed by atoms with Crippen LogP contribution in [0.3, 0.4) is 0 Å². The van der Waals surface area contributed by atoms with E-state index in [-0.39, 0.29) is 0 Å². The molecule has 20 heavy (non-hydrogen) atoms. The fourth-order valence-electron chi connectivity index (χ4n) is 1.62. The molecule has 2 aromatic rings. The normalized spacial score (nSPS) is 10.6. The molecule has 0 unspecified atom stereocenters. The van der Waals surface area contributed by atoms with Gasteiger partial charge in [-0.1, -0.05) is 22.0 Å². The Labute approximate surface area is 130 Å². The van der Waals surface area contributed by atoms with Gasteiger partial charge in [0, 0.05) is 22.5 Å². The summed E-state index contributed by atoms with van der Waals surface area (Å²) in [6.45, 7) is 0.436. The van der Waals surface area contributed by atoms with E-state index < -0.39 is 0 Å². The van der Waals surface area contributed by atoms with E-state index in [1.165, 1.54) is 0 Å². The van der Waals surface area contributed by atoms with E-state index in [0.29, 0.717) is 18.2 Å². The first-order chi connectivity index (χ1) is 9.71. The topological polar surface area (TPSA) is 73.1 Å². The Kier molecular flexibility index (Phi) is 5.78. The number of hydrogen-bond donors (Lipinski definition) is 2. The molecule has 0 aliphatic rings. The summed E-state index contributed by atoms with van der Waals surface area (Å²) >= 11 is 5.12. The third-order valence-corrected chi connectivity index (χ3v) is 3.91. The van der Waals surface area contributed by atoms with Crippen LogP contribution in [0.1, 0.15) is 11.5 Å². The maximum Gasteiger partial charge on any atom is 0.144 e. The zero-order valence-corrected chi connectivity index (χ0v) is 13.4. The number of hydrogen-bond acceptors (Lipinski definition) is 6. The number of hydrazine groups is 1. The van der Waals surface area contributed by atoms with Crippen molar-refractivity contribution in [3.05, 3.63) is 46.3 Å². The van der Waals surface area contributed by atoms with Crippen LogP contribution in [-0.4, -0.2) is 17.1 Å². The molecule has 0 radical (unpaired) electrons. The summed E-state index contributed by atoms with van der Waals surface area (Å²) in [7, 11) is 1.63. The van der Waals surface area contributed by atoms with Crippen molar-refractivity contribution in [1.29, 1.82) is 0 Å². The van der Waals surface area contributed by atoms with Crippen LogP contribution >= 0.6 is 27.7 Å². The van der Waals surface area contributed by atoms with Crippen molar-refractivity contribution < 1.29 is 4.74 Å². The number of nitrogens with two attached hydrogens (primary N) is 1. The Hall–Kier alpha value is -1.15. The van der Waals surface area contributed by atoms with E-state index in [1.807, 2.05) is 12.1 Å². The summed E-state index contributed by atoms with van der Waals surface area (Å²) in [5, 5.41) is 0. The van der Waals surface area contributed by atoms with E-state index in [4.69, 9.17) is 10.6 Å². The molecule has 0 spiro atoms. The number of anilines is 1. The smallest absolute Gasteiger partial charge is 0.144 e. The molecule has 0 fully saturated rings. The lowest BCUT2D eigenvalue weighted by Gasteiger charge is -2.07. The van der Waals surface area contributed by atoms with Gasteiger partial charge in [-0.25, -0.2) is 15.8 Å². The van der Waals surface area contributed by atoms with E-state index >= 15 is 0 Å². The second kappa shape index (κ2) is 7.58. The third-order valence-electron chi connectivity index (χ3n) is 2.43. The van der Waals surface area contributed by atoms with Gasteiger partial charge in [0.15, 0.2) is 0 Å². The number of benzene rings is 1. The molecule has 0 bridgehead atoms. The van der Waals surface area contributed by atoms with Gasteiger partial charge >= 0.3 is 0 Å². The molecule has 1 aromatic carbocycles. The van der Waals surface area contributed by atoms with Crippen molar-refractivity contribution in [2.75, 3.05) is 12.5 Å². The van der Waals surface area contributed by atoms with Gasteiger partial charge in [0.05, 0.1) is 18.1 Å². The number of aromatic nitrogens is 2. The predicted octanol–water partition coefficient (Wildman–Crippen LogP) is 2.96. The summed E-state index contributed by atoms with van der Waals surface area (Å²) in [6, 6.07) is 9.89. The third kappa shape index (κ3) is 4.45. The van der Waals surface area contributed by atoms with Gasteiger partial charge in [0.25, 0.3) is 0 Å². The summed E-state index contributed by atoms with van der Waals surface area (Å²) in [5.41, 5.74) is 3.36. The molecule has 1 aromatic heterocycles. The molecular weight excluding hydrogens is 340 g/mol. The minimum Gasteiger partial charge on any atom is -0.378 e. The zero-order valence-electron chi connectivity index (χ0n) is 11.0. The Balaban J connectivity index is 2.10.